The van der Waals surface area contributed by atoms with Crippen LogP contribution in [0.1, 0.15) is 39.0 Å². The molecule has 0 N–H and O–H groups in total. The number of hydrogen-bond donors (Lipinski definition) is 0. The van der Waals surface area contributed by atoms with Gasteiger partial charge in [-0.15, -0.1) is 11.8 Å². The third-order valence-electron chi connectivity index (χ3n) is 3.00. The second-order valence-electron chi connectivity index (χ2n) is 4.46. The Balaban J connectivity index is 0.000000303. The van der Waals surface area contributed by atoms with Crippen LogP contribution in [-0.2, 0) is 0 Å². The van der Waals surface area contributed by atoms with Crippen LogP contribution in [0, 0.1) is 13.8 Å². The molecule has 0 amide bonds. The predicted molar refractivity (Wildman–Crippen MR) is 87.1 cm³/mol. The van der Waals surface area contributed by atoms with E-state index in [1.165, 1.54) is 5.56 Å². The van der Waals surface area contributed by atoms with Gasteiger partial charge in [0.05, 0.1) is 10.7 Å². The number of hydrogen-bond acceptors (Lipinski definition) is 4. The largest absolute Gasteiger partial charge is 0.261 e. The molecular formula is C15H29N3S. The zero-order valence-corrected chi connectivity index (χ0v) is 14.5. The predicted octanol–water partition coefficient (Wildman–Crippen LogP) is 3.93. The lowest BCUT2D eigenvalue weighted by molar-refractivity contribution is 0.0357. The molecule has 110 valence electrons. The molecule has 0 aliphatic carbocycles. The van der Waals surface area contributed by atoms with E-state index in [1.54, 1.807) is 0 Å². The summed E-state index contributed by atoms with van der Waals surface area (Å²) in [5.41, 5.74) is 2.30. The van der Waals surface area contributed by atoms with Crippen molar-refractivity contribution >= 4 is 11.8 Å². The second-order valence-corrected chi connectivity index (χ2v) is 6.10. The first kappa shape index (κ1) is 18.4. The van der Waals surface area contributed by atoms with E-state index < -0.39 is 0 Å². The first-order valence-electron chi connectivity index (χ1n) is 6.92. The van der Waals surface area contributed by atoms with Crippen LogP contribution in [0.3, 0.4) is 0 Å². The van der Waals surface area contributed by atoms with E-state index >= 15 is 0 Å². The number of rotatable bonds is 0. The van der Waals surface area contributed by atoms with E-state index in [9.17, 15) is 0 Å². The van der Waals surface area contributed by atoms with Crippen LogP contribution < -0.4 is 0 Å². The van der Waals surface area contributed by atoms with Gasteiger partial charge in [0.1, 0.15) is 0 Å². The summed E-state index contributed by atoms with van der Waals surface area (Å²) in [6, 6.07) is 4.07. The lowest BCUT2D eigenvalue weighted by Crippen LogP contribution is -2.35. The molecule has 1 aromatic rings. The minimum absolute atomic E-state index is 0.644. The Morgan fingerprint density at radius 2 is 1.47 bits per heavy atom. The third kappa shape index (κ3) is 6.41. The first-order chi connectivity index (χ1) is 8.91. The minimum Gasteiger partial charge on any atom is -0.261 e. The maximum Gasteiger partial charge on any atom is 0.0684 e. The van der Waals surface area contributed by atoms with Crippen molar-refractivity contribution in [3.8, 4) is 0 Å². The summed E-state index contributed by atoms with van der Waals surface area (Å²) < 4.78 is 0. The molecule has 0 radical (unpaired) electrons. The Morgan fingerprint density at radius 1 is 1.00 bits per heavy atom. The van der Waals surface area contributed by atoms with Gasteiger partial charge in [0.2, 0.25) is 0 Å². The van der Waals surface area contributed by atoms with E-state index in [0.29, 0.717) is 10.7 Å². The molecule has 1 aliphatic rings. The van der Waals surface area contributed by atoms with E-state index in [4.69, 9.17) is 0 Å². The molecule has 2 heterocycles. The number of hydrazine groups is 1. The number of nitrogens with zero attached hydrogens (tertiary/aromatic N) is 3. The molecule has 0 bridgehead atoms. The van der Waals surface area contributed by atoms with Crippen LogP contribution in [-0.4, -0.2) is 39.8 Å². The van der Waals surface area contributed by atoms with Gasteiger partial charge in [0.25, 0.3) is 0 Å². The fourth-order valence-corrected chi connectivity index (χ4v) is 2.74. The van der Waals surface area contributed by atoms with Gasteiger partial charge in [-0.05, 0) is 39.3 Å². The summed E-state index contributed by atoms with van der Waals surface area (Å²) in [7, 11) is 4.25. The van der Waals surface area contributed by atoms with Crippen LogP contribution in [0.25, 0.3) is 0 Å². The molecule has 2 rings (SSSR count). The van der Waals surface area contributed by atoms with Crippen LogP contribution in [0.2, 0.25) is 0 Å². The first-order valence-corrected chi connectivity index (χ1v) is 7.86. The Labute approximate surface area is 123 Å². The van der Waals surface area contributed by atoms with Gasteiger partial charge in [-0.1, -0.05) is 19.9 Å². The average Bonchev–Trinajstić information content (AvgIpc) is 2.63. The highest BCUT2D eigenvalue weighted by Crippen LogP contribution is 2.30. The van der Waals surface area contributed by atoms with E-state index in [1.807, 2.05) is 51.7 Å². The topological polar surface area (TPSA) is 19.4 Å². The third-order valence-corrected chi connectivity index (χ3v) is 4.40. The summed E-state index contributed by atoms with van der Waals surface area (Å²) in [6.45, 7) is 12.5. The Bertz CT molecular complexity index is 307. The van der Waals surface area contributed by atoms with Crippen molar-refractivity contribution in [3.05, 3.63) is 29.6 Å². The molecule has 3 nitrogen and oxygen atoms in total. The van der Waals surface area contributed by atoms with Gasteiger partial charge in [-0.25, -0.2) is 10.0 Å². The summed E-state index contributed by atoms with van der Waals surface area (Å²) in [5.74, 6) is 0. The molecule has 1 aliphatic heterocycles. The lowest BCUT2D eigenvalue weighted by atomic mass is 10.3. The van der Waals surface area contributed by atoms with Crippen molar-refractivity contribution in [1.29, 1.82) is 0 Å². The standard InChI is InChI=1S/C7H9N.C6H14N2S.C2H6/c1-6-3-4-7(2)8-5-6;1-5-7(3)8(4)6(2)9-5;1-2/h3-5H,1-2H3;5-6H,1-4H3;1-2H3. The molecule has 1 aromatic heterocycles. The molecule has 2 unspecified atom stereocenters. The Morgan fingerprint density at radius 3 is 1.68 bits per heavy atom. The van der Waals surface area contributed by atoms with Gasteiger partial charge < -0.3 is 0 Å². The molecule has 1 fully saturated rings. The average molecular weight is 283 g/mol. The van der Waals surface area contributed by atoms with Crippen molar-refractivity contribution in [2.45, 2.75) is 52.3 Å². The highest BCUT2D eigenvalue weighted by atomic mass is 32.2. The monoisotopic (exact) mass is 283 g/mol. The molecule has 4 heteroatoms. The summed E-state index contributed by atoms with van der Waals surface area (Å²) in [6.07, 6.45) is 1.87. The van der Waals surface area contributed by atoms with Crippen LogP contribution >= 0.6 is 11.8 Å². The van der Waals surface area contributed by atoms with Gasteiger partial charge in [0, 0.05) is 26.0 Å². The summed E-state index contributed by atoms with van der Waals surface area (Å²) in [5, 5.41) is 5.81. The SMILES string of the molecule is CC.CC1SC(C)N(C)N1C.Cc1ccc(C)nc1. The molecule has 2 atom stereocenters. The maximum absolute atomic E-state index is 4.08. The van der Waals surface area contributed by atoms with Crippen molar-refractivity contribution in [2.24, 2.45) is 0 Å². The fourth-order valence-electron chi connectivity index (χ4n) is 1.52. The summed E-state index contributed by atoms with van der Waals surface area (Å²) >= 11 is 1.99. The van der Waals surface area contributed by atoms with Crippen molar-refractivity contribution < 1.29 is 0 Å². The Hall–Kier alpha value is -0.580. The van der Waals surface area contributed by atoms with Crippen LogP contribution in [0.15, 0.2) is 18.3 Å². The zero-order chi connectivity index (χ0) is 15.0. The van der Waals surface area contributed by atoms with E-state index in [2.05, 4.69) is 49.0 Å². The fraction of sp³-hybridized carbons (Fsp3) is 0.667. The van der Waals surface area contributed by atoms with Crippen molar-refractivity contribution in [2.75, 3.05) is 14.1 Å². The van der Waals surface area contributed by atoms with Gasteiger partial charge in [-0.2, -0.15) is 0 Å². The zero-order valence-electron chi connectivity index (χ0n) is 13.6. The molecule has 0 saturated carbocycles. The van der Waals surface area contributed by atoms with E-state index in [0.717, 1.165) is 5.69 Å². The molecule has 0 aromatic carbocycles. The van der Waals surface area contributed by atoms with Gasteiger partial charge in [0.15, 0.2) is 0 Å². The highest BCUT2D eigenvalue weighted by Gasteiger charge is 2.28. The number of aromatic nitrogens is 1. The van der Waals surface area contributed by atoms with Crippen LogP contribution in [0.5, 0.6) is 0 Å². The molecule has 19 heavy (non-hydrogen) atoms. The minimum atomic E-state index is 0.644. The molecule has 0 spiro atoms. The smallest absolute Gasteiger partial charge is 0.0684 e. The number of thioether (sulfide) groups is 1. The number of aryl methyl sites for hydroxylation is 2. The number of pyridine rings is 1. The van der Waals surface area contributed by atoms with Crippen LogP contribution in [0.4, 0.5) is 0 Å². The normalized spacial score (nSPS) is 23.2. The quantitative estimate of drug-likeness (QED) is 0.718. The van der Waals surface area contributed by atoms with Crippen molar-refractivity contribution in [3.63, 3.8) is 0 Å². The van der Waals surface area contributed by atoms with Gasteiger partial charge in [-0.3, -0.25) is 4.98 Å². The van der Waals surface area contributed by atoms with Gasteiger partial charge >= 0.3 is 0 Å². The summed E-state index contributed by atoms with van der Waals surface area (Å²) in [4.78, 5) is 4.08. The maximum atomic E-state index is 4.08. The molecule has 1 saturated heterocycles. The Kier molecular flexibility index (Phi) is 9.06. The van der Waals surface area contributed by atoms with E-state index in [-0.39, 0.29) is 0 Å². The van der Waals surface area contributed by atoms with Crippen molar-refractivity contribution in [1.82, 2.24) is 15.0 Å². The highest BCUT2D eigenvalue weighted by molar-refractivity contribution is 8.00. The second kappa shape index (κ2) is 9.34. The lowest BCUT2D eigenvalue weighted by Gasteiger charge is -2.22. The molecular weight excluding hydrogens is 254 g/mol.